The van der Waals surface area contributed by atoms with Gasteiger partial charge in [0.25, 0.3) is 0 Å². The Hall–Kier alpha value is -3.19. The van der Waals surface area contributed by atoms with Crippen LogP contribution in [-0.4, -0.2) is 38.4 Å². The number of aliphatic hydroxyl groups is 2. The Labute approximate surface area is 270 Å². The van der Waals surface area contributed by atoms with Crippen LogP contribution in [0.5, 0.6) is 0 Å². The third-order valence-corrected chi connectivity index (χ3v) is 6.42. The van der Waals surface area contributed by atoms with Crippen LogP contribution in [0, 0.1) is 12.7 Å². The van der Waals surface area contributed by atoms with Gasteiger partial charge in [0, 0.05) is 0 Å². The molecule has 0 heterocycles. The molecule has 0 aliphatic rings. The second kappa shape index (κ2) is 16.4. The monoisotopic (exact) mass is 673 g/mol. The number of nitrogens with zero attached hydrogens (tertiary/aromatic N) is 2. The third kappa shape index (κ3) is 9.19. The number of rotatable bonds is 5. The fourth-order valence-corrected chi connectivity index (χ4v) is 4.59. The van der Waals surface area contributed by atoms with Crippen molar-refractivity contribution in [3.63, 3.8) is 0 Å². The van der Waals surface area contributed by atoms with E-state index in [1.54, 1.807) is 41.2 Å². The van der Waals surface area contributed by atoms with Crippen LogP contribution in [0.4, 0.5) is 30.7 Å². The van der Waals surface area contributed by atoms with Crippen LogP contribution in [-0.2, 0) is 42.1 Å². The molecular formula is C33H33F7N2O2V. The summed E-state index contributed by atoms with van der Waals surface area (Å²) in [5.41, 5.74) is -9.04. The van der Waals surface area contributed by atoms with Crippen molar-refractivity contribution >= 4 is 0 Å². The maximum Gasteiger partial charge on any atom is 2.00 e. The van der Waals surface area contributed by atoms with Crippen LogP contribution in [0.25, 0.3) is 10.6 Å². The Morgan fingerprint density at radius 2 is 0.778 bits per heavy atom. The standard InChI is InChI=1S/C29H21F7O2.2C2H6N.V/c1-18-6-2-7-19(14-18)26(37,22-10-5-13-25(30)17-22)27(38,20-8-3-11-23(15-20)28(31,32)33)21-9-4-12-24(16-21)29(34,35)36;2*1-3-2;/h2-17,37-38H,1H3;2*1-2H3;/q;2*-1;+2. The van der Waals surface area contributed by atoms with Gasteiger partial charge in [-0.1, -0.05) is 66.2 Å². The van der Waals surface area contributed by atoms with Gasteiger partial charge in [-0.25, -0.2) is 4.39 Å². The summed E-state index contributed by atoms with van der Waals surface area (Å²) in [4.78, 5) is 0. The van der Waals surface area contributed by atoms with E-state index in [-0.39, 0.29) is 29.7 Å². The molecule has 1 atom stereocenters. The second-order valence-corrected chi connectivity index (χ2v) is 9.85. The Morgan fingerprint density at radius 1 is 0.489 bits per heavy atom. The molecule has 0 aliphatic carbocycles. The van der Waals surface area contributed by atoms with E-state index in [0.717, 1.165) is 48.5 Å². The van der Waals surface area contributed by atoms with Crippen LogP contribution in [0.1, 0.15) is 38.9 Å². The van der Waals surface area contributed by atoms with Crippen LogP contribution < -0.4 is 0 Å². The van der Waals surface area contributed by atoms with Crippen molar-refractivity contribution in [3.05, 3.63) is 152 Å². The average Bonchev–Trinajstić information content (AvgIpc) is 2.96. The molecular weight excluding hydrogens is 640 g/mol. The summed E-state index contributed by atoms with van der Waals surface area (Å²) in [7, 11) is 7.00. The summed E-state index contributed by atoms with van der Waals surface area (Å²) < 4.78 is 96.5. The summed E-state index contributed by atoms with van der Waals surface area (Å²) in [5, 5.41) is 31.9. The molecule has 4 aromatic carbocycles. The molecule has 0 aromatic heterocycles. The maximum atomic E-state index is 14.4. The van der Waals surface area contributed by atoms with E-state index in [1.165, 1.54) is 30.3 Å². The molecule has 0 saturated heterocycles. The van der Waals surface area contributed by atoms with E-state index in [4.69, 9.17) is 0 Å². The molecule has 12 heteroatoms. The minimum atomic E-state index is -4.87. The van der Waals surface area contributed by atoms with Gasteiger partial charge >= 0.3 is 30.9 Å². The summed E-state index contributed by atoms with van der Waals surface area (Å²) in [6.45, 7) is 1.64. The quantitative estimate of drug-likeness (QED) is 0.209. The summed E-state index contributed by atoms with van der Waals surface area (Å²) >= 11 is 0. The fraction of sp³-hybridized carbons (Fsp3) is 0.273. The Bertz CT molecular complexity index is 1410. The van der Waals surface area contributed by atoms with Gasteiger partial charge in [-0.2, -0.15) is 54.5 Å². The third-order valence-electron chi connectivity index (χ3n) is 6.42. The van der Waals surface area contributed by atoms with Crippen LogP contribution in [0.3, 0.4) is 0 Å². The van der Waals surface area contributed by atoms with Crippen LogP contribution >= 0.6 is 0 Å². The molecule has 0 fully saturated rings. The first-order chi connectivity index (χ1) is 20.5. The van der Waals surface area contributed by atoms with Crippen LogP contribution in [0.15, 0.2) is 97.1 Å². The summed E-state index contributed by atoms with van der Waals surface area (Å²) in [6, 6.07) is 16.9. The molecule has 4 nitrogen and oxygen atoms in total. The van der Waals surface area contributed by atoms with Gasteiger partial charge in [-0.3, -0.25) is 0 Å². The maximum absolute atomic E-state index is 14.4. The van der Waals surface area contributed by atoms with Gasteiger partial charge in [0.1, 0.15) is 5.82 Å². The van der Waals surface area contributed by atoms with E-state index in [2.05, 4.69) is 10.6 Å². The smallest absolute Gasteiger partial charge is 0.668 e. The molecule has 0 saturated carbocycles. The predicted molar refractivity (Wildman–Crippen MR) is 157 cm³/mol. The molecule has 0 bridgehead atoms. The van der Waals surface area contributed by atoms with Gasteiger partial charge < -0.3 is 20.8 Å². The number of aryl methyl sites for hydroxylation is 1. The zero-order valence-corrected chi connectivity index (χ0v) is 26.5. The van der Waals surface area contributed by atoms with E-state index >= 15 is 0 Å². The molecule has 2 N–H and O–H groups in total. The summed E-state index contributed by atoms with van der Waals surface area (Å²) in [5.74, 6) is -0.844. The van der Waals surface area contributed by atoms with E-state index in [1.807, 2.05) is 0 Å². The van der Waals surface area contributed by atoms with Gasteiger partial charge in [-0.15, -0.1) is 0 Å². The first kappa shape index (κ1) is 39.8. The fourth-order valence-electron chi connectivity index (χ4n) is 4.59. The topological polar surface area (TPSA) is 68.7 Å². The van der Waals surface area contributed by atoms with Crippen molar-refractivity contribution in [2.45, 2.75) is 30.5 Å². The molecule has 241 valence electrons. The number of hydrogen-bond donors (Lipinski definition) is 2. The molecule has 45 heavy (non-hydrogen) atoms. The summed E-state index contributed by atoms with van der Waals surface area (Å²) in [6.07, 6.45) is -9.74. The first-order valence-corrected chi connectivity index (χ1v) is 13.1. The van der Waals surface area contributed by atoms with Crippen molar-refractivity contribution in [1.82, 2.24) is 0 Å². The van der Waals surface area contributed by atoms with Gasteiger partial charge in [0.15, 0.2) is 11.2 Å². The second-order valence-electron chi connectivity index (χ2n) is 9.85. The van der Waals surface area contributed by atoms with Crippen molar-refractivity contribution in [3.8, 4) is 0 Å². The molecule has 0 spiro atoms. The van der Waals surface area contributed by atoms with Crippen molar-refractivity contribution in [2.24, 2.45) is 0 Å². The number of benzene rings is 4. The zero-order valence-electron chi connectivity index (χ0n) is 25.1. The normalized spacial score (nSPS) is 12.8. The van der Waals surface area contributed by atoms with E-state index < -0.39 is 51.6 Å². The van der Waals surface area contributed by atoms with E-state index in [0.29, 0.717) is 17.7 Å². The van der Waals surface area contributed by atoms with E-state index in [9.17, 15) is 40.9 Å². The minimum Gasteiger partial charge on any atom is -0.668 e. The van der Waals surface area contributed by atoms with Crippen molar-refractivity contribution < 1.29 is 59.5 Å². The van der Waals surface area contributed by atoms with Gasteiger partial charge in [-0.05, 0) is 65.6 Å². The van der Waals surface area contributed by atoms with Gasteiger partial charge in [0.05, 0.1) is 11.1 Å². The SMILES string of the molecule is C[N-]C.C[N-]C.Cc1cccc(C(O)(c2cccc(F)c2)C(O)(c2cccc(C(F)(F)F)c2)c2cccc(C(F)(F)F)c2)c1.[V+2]. The number of halogens is 7. The Balaban J connectivity index is 0.00000134. The average molecular weight is 674 g/mol. The predicted octanol–water partition coefficient (Wildman–Crippen LogP) is 8.58. The van der Waals surface area contributed by atoms with Gasteiger partial charge in [0.2, 0.25) is 0 Å². The minimum absolute atomic E-state index is 0. The molecule has 0 amide bonds. The Kier molecular flexibility index (Phi) is 14.5. The number of hydrogen-bond acceptors (Lipinski definition) is 2. The Morgan fingerprint density at radius 3 is 1.11 bits per heavy atom. The molecule has 4 aromatic rings. The zero-order chi connectivity index (χ0) is 33.3. The largest absolute Gasteiger partial charge is 2.00 e. The molecule has 4 rings (SSSR count). The first-order valence-electron chi connectivity index (χ1n) is 13.1. The van der Waals surface area contributed by atoms with Crippen molar-refractivity contribution in [1.29, 1.82) is 0 Å². The molecule has 0 aliphatic heterocycles. The molecule has 1 radical (unpaired) electrons. The van der Waals surface area contributed by atoms with Crippen molar-refractivity contribution in [2.75, 3.05) is 28.2 Å². The van der Waals surface area contributed by atoms with Crippen LogP contribution in [0.2, 0.25) is 0 Å². The molecule has 1 unspecified atom stereocenters. The number of alkyl halides is 6.